The molecule has 0 radical (unpaired) electrons. The molecular weight excluding hydrogens is 372 g/mol. The van der Waals surface area contributed by atoms with Crippen LogP contribution < -0.4 is 21.3 Å². The third-order valence-electron chi connectivity index (χ3n) is 4.38. The van der Waals surface area contributed by atoms with Gasteiger partial charge in [-0.05, 0) is 62.7 Å². The second-order valence-electron chi connectivity index (χ2n) is 8.39. The Kier molecular flexibility index (Phi) is 15.6. The molecule has 29 heavy (non-hydrogen) atoms. The maximum atomic E-state index is 12.0. The molecule has 3 unspecified atom stereocenters. The number of carbonyl (C=O) groups is 2. The molecule has 0 bridgehead atoms. The Bertz CT molecular complexity index is 456. The van der Waals surface area contributed by atoms with Gasteiger partial charge < -0.3 is 35.8 Å². The number of urea groups is 1. The Labute approximate surface area is 178 Å². The van der Waals surface area contributed by atoms with Gasteiger partial charge in [-0.1, -0.05) is 0 Å². The number of nitrogens with one attached hydrogen (secondary N) is 4. The fraction of sp³-hybridized carbons (Fsp3) is 0.900. The number of rotatable bonds is 9. The van der Waals surface area contributed by atoms with E-state index in [0.717, 1.165) is 13.1 Å². The SMILES string of the molecule is CNCC(C)N(C)C(=O)NCC(C)N(C)C(=O)OC(C)(C)C.CNCC(C)NC. The minimum absolute atomic E-state index is 0.0869. The molecule has 174 valence electrons. The Morgan fingerprint density at radius 2 is 1.34 bits per heavy atom. The van der Waals surface area contributed by atoms with Gasteiger partial charge in [0.15, 0.2) is 0 Å². The number of hydrogen-bond acceptors (Lipinski definition) is 6. The van der Waals surface area contributed by atoms with Crippen molar-refractivity contribution in [3.05, 3.63) is 0 Å². The van der Waals surface area contributed by atoms with E-state index in [1.54, 1.807) is 19.0 Å². The predicted octanol–water partition coefficient (Wildman–Crippen LogP) is 1.30. The lowest BCUT2D eigenvalue weighted by Gasteiger charge is -2.30. The van der Waals surface area contributed by atoms with E-state index in [4.69, 9.17) is 4.74 Å². The minimum Gasteiger partial charge on any atom is -0.444 e. The van der Waals surface area contributed by atoms with Crippen LogP contribution in [0.2, 0.25) is 0 Å². The van der Waals surface area contributed by atoms with Gasteiger partial charge in [0.25, 0.3) is 0 Å². The first-order valence-corrected chi connectivity index (χ1v) is 10.2. The fourth-order valence-corrected chi connectivity index (χ4v) is 2.05. The Morgan fingerprint density at radius 3 is 1.72 bits per heavy atom. The Hall–Kier alpha value is -1.58. The van der Waals surface area contributed by atoms with Crippen molar-refractivity contribution in [3.8, 4) is 0 Å². The highest BCUT2D eigenvalue weighted by atomic mass is 16.6. The molecule has 9 nitrogen and oxygen atoms in total. The normalized spacial score (nSPS) is 14.0. The number of ether oxygens (including phenoxy) is 1. The molecule has 0 aliphatic heterocycles. The fourth-order valence-electron chi connectivity index (χ4n) is 2.05. The first-order chi connectivity index (χ1) is 13.3. The average Bonchev–Trinajstić information content (AvgIpc) is 2.63. The lowest BCUT2D eigenvalue weighted by Crippen LogP contribution is -2.50. The van der Waals surface area contributed by atoms with E-state index in [1.165, 1.54) is 4.90 Å². The molecule has 0 heterocycles. The van der Waals surface area contributed by atoms with E-state index in [0.29, 0.717) is 12.6 Å². The topological polar surface area (TPSA) is 98.0 Å². The second kappa shape index (κ2) is 15.3. The van der Waals surface area contributed by atoms with Gasteiger partial charge in [-0.25, -0.2) is 9.59 Å². The minimum atomic E-state index is -0.531. The van der Waals surface area contributed by atoms with Crippen LogP contribution in [0.25, 0.3) is 0 Å². The summed E-state index contributed by atoms with van der Waals surface area (Å²) in [5.41, 5.74) is -0.531. The average molecular weight is 419 g/mol. The molecule has 4 N–H and O–H groups in total. The number of amides is 3. The van der Waals surface area contributed by atoms with E-state index in [-0.39, 0.29) is 18.1 Å². The zero-order valence-corrected chi connectivity index (χ0v) is 20.5. The highest BCUT2D eigenvalue weighted by Crippen LogP contribution is 2.10. The number of likely N-dealkylation sites (N-methyl/N-ethyl adjacent to an activating group) is 5. The van der Waals surface area contributed by atoms with Gasteiger partial charge in [-0.15, -0.1) is 0 Å². The van der Waals surface area contributed by atoms with Gasteiger partial charge in [0, 0.05) is 51.9 Å². The lowest BCUT2D eigenvalue weighted by molar-refractivity contribution is 0.0236. The van der Waals surface area contributed by atoms with Crippen molar-refractivity contribution >= 4 is 12.1 Å². The maximum Gasteiger partial charge on any atom is 0.410 e. The molecule has 0 aliphatic rings. The van der Waals surface area contributed by atoms with Gasteiger partial charge in [0.05, 0.1) is 0 Å². The molecule has 0 spiro atoms. The van der Waals surface area contributed by atoms with Crippen molar-refractivity contribution in [2.45, 2.75) is 65.3 Å². The van der Waals surface area contributed by atoms with Crippen LogP contribution in [0, 0.1) is 0 Å². The monoisotopic (exact) mass is 418 g/mol. The molecule has 0 rings (SSSR count). The summed E-state index contributed by atoms with van der Waals surface area (Å²) >= 11 is 0. The summed E-state index contributed by atoms with van der Waals surface area (Å²) in [5.74, 6) is 0. The summed E-state index contributed by atoms with van der Waals surface area (Å²) in [4.78, 5) is 27.1. The van der Waals surface area contributed by atoms with E-state index < -0.39 is 11.7 Å². The van der Waals surface area contributed by atoms with Crippen LogP contribution in [0.4, 0.5) is 9.59 Å². The Morgan fingerprint density at radius 1 is 0.862 bits per heavy atom. The van der Waals surface area contributed by atoms with Crippen LogP contribution in [-0.2, 0) is 4.74 Å². The van der Waals surface area contributed by atoms with Crippen molar-refractivity contribution in [2.24, 2.45) is 0 Å². The summed E-state index contributed by atoms with van der Waals surface area (Å²) < 4.78 is 5.30. The van der Waals surface area contributed by atoms with Crippen LogP contribution in [0.3, 0.4) is 0 Å². The van der Waals surface area contributed by atoms with Crippen LogP contribution in [-0.4, -0.2) is 101 Å². The summed E-state index contributed by atoms with van der Waals surface area (Å²) in [6.07, 6.45) is -0.397. The number of nitrogens with zero attached hydrogens (tertiary/aromatic N) is 2. The largest absolute Gasteiger partial charge is 0.444 e. The van der Waals surface area contributed by atoms with Gasteiger partial charge in [0.2, 0.25) is 0 Å². The number of carbonyl (C=O) groups excluding carboxylic acids is 2. The van der Waals surface area contributed by atoms with Crippen molar-refractivity contribution < 1.29 is 14.3 Å². The quantitative estimate of drug-likeness (QED) is 0.451. The first kappa shape index (κ1) is 29.6. The van der Waals surface area contributed by atoms with Crippen molar-refractivity contribution in [1.29, 1.82) is 0 Å². The van der Waals surface area contributed by atoms with Gasteiger partial charge in [-0.2, -0.15) is 0 Å². The van der Waals surface area contributed by atoms with E-state index in [1.807, 2.05) is 55.8 Å². The third-order valence-corrected chi connectivity index (χ3v) is 4.38. The van der Waals surface area contributed by atoms with Gasteiger partial charge in [0.1, 0.15) is 5.60 Å². The molecule has 0 saturated heterocycles. The van der Waals surface area contributed by atoms with E-state index in [2.05, 4.69) is 28.2 Å². The molecule has 0 fully saturated rings. The zero-order valence-electron chi connectivity index (χ0n) is 20.5. The molecular formula is C20H46N6O3. The lowest BCUT2D eigenvalue weighted by atomic mass is 10.2. The summed E-state index contributed by atoms with van der Waals surface area (Å²) in [7, 11) is 9.17. The Balaban J connectivity index is 0. The van der Waals surface area contributed by atoms with Gasteiger partial charge in [-0.3, -0.25) is 0 Å². The highest BCUT2D eigenvalue weighted by Gasteiger charge is 2.23. The zero-order chi connectivity index (χ0) is 23.2. The molecule has 3 amide bonds. The van der Waals surface area contributed by atoms with Crippen LogP contribution in [0.1, 0.15) is 41.5 Å². The van der Waals surface area contributed by atoms with Gasteiger partial charge >= 0.3 is 12.1 Å². The number of hydrogen-bond donors (Lipinski definition) is 4. The first-order valence-electron chi connectivity index (χ1n) is 10.2. The van der Waals surface area contributed by atoms with Crippen LogP contribution in [0.15, 0.2) is 0 Å². The maximum absolute atomic E-state index is 12.0. The summed E-state index contributed by atoms with van der Waals surface area (Å²) in [6.45, 7) is 13.6. The molecule has 0 saturated carbocycles. The smallest absolute Gasteiger partial charge is 0.410 e. The third kappa shape index (κ3) is 15.0. The van der Waals surface area contributed by atoms with Crippen LogP contribution >= 0.6 is 0 Å². The van der Waals surface area contributed by atoms with Crippen molar-refractivity contribution in [3.63, 3.8) is 0 Å². The van der Waals surface area contributed by atoms with Crippen molar-refractivity contribution in [2.75, 3.05) is 54.9 Å². The van der Waals surface area contributed by atoms with Crippen molar-refractivity contribution in [1.82, 2.24) is 31.1 Å². The molecule has 3 atom stereocenters. The molecule has 9 heteroatoms. The highest BCUT2D eigenvalue weighted by molar-refractivity contribution is 5.74. The predicted molar refractivity (Wildman–Crippen MR) is 120 cm³/mol. The molecule has 0 aliphatic carbocycles. The molecule has 0 aromatic heterocycles. The molecule has 0 aromatic carbocycles. The second-order valence-corrected chi connectivity index (χ2v) is 8.39. The van der Waals surface area contributed by atoms with Crippen LogP contribution in [0.5, 0.6) is 0 Å². The standard InChI is InChI=1S/C15H32N4O3.C5H14N2/c1-11(9-16-6)18(7)13(20)17-10-12(2)19(8)14(21)22-15(3,4)5;1-5(7-3)4-6-2/h11-12,16H,9-10H2,1-8H3,(H,17,20);5-7H,4H2,1-3H3. The summed E-state index contributed by atoms with van der Waals surface area (Å²) in [5, 5.41) is 12.0. The van der Waals surface area contributed by atoms with E-state index in [9.17, 15) is 9.59 Å². The summed E-state index contributed by atoms with van der Waals surface area (Å²) in [6, 6.07) is 0.355. The molecule has 0 aromatic rings. The van der Waals surface area contributed by atoms with E-state index >= 15 is 0 Å².